The standard InChI is InChI=1S/C18H22N4O5S/c23-17(19-20-18(24)16-7-4-12-27-16)13-21-8-10-22(11-9-21)28(25,26)14-15-5-2-1-3-6-15/h1-7,12H,8-11,13-14H2,(H,19,23)(H,20,24). The maximum Gasteiger partial charge on any atom is 0.305 e. The van der Waals surface area contributed by atoms with Crippen LogP contribution < -0.4 is 10.9 Å². The van der Waals surface area contributed by atoms with E-state index in [1.165, 1.54) is 16.6 Å². The highest BCUT2D eigenvalue weighted by molar-refractivity contribution is 7.88. The van der Waals surface area contributed by atoms with Crippen LogP contribution in [0.1, 0.15) is 16.1 Å². The number of carbonyl (C=O) groups excluding carboxylic acids is 2. The molecule has 1 aliphatic rings. The maximum atomic E-state index is 12.5. The van der Waals surface area contributed by atoms with Crippen LogP contribution in [0.5, 0.6) is 0 Å². The molecule has 1 aromatic carbocycles. The van der Waals surface area contributed by atoms with Gasteiger partial charge in [0.15, 0.2) is 5.76 Å². The van der Waals surface area contributed by atoms with Crippen molar-refractivity contribution in [3.63, 3.8) is 0 Å². The van der Waals surface area contributed by atoms with Gasteiger partial charge in [-0.15, -0.1) is 0 Å². The van der Waals surface area contributed by atoms with Crippen LogP contribution in [-0.4, -0.2) is 62.2 Å². The minimum Gasteiger partial charge on any atom is -0.459 e. The lowest BCUT2D eigenvalue weighted by molar-refractivity contribution is -0.123. The van der Waals surface area contributed by atoms with E-state index in [0.717, 1.165) is 5.56 Å². The average Bonchev–Trinajstić information content (AvgIpc) is 3.22. The van der Waals surface area contributed by atoms with Gasteiger partial charge in [-0.1, -0.05) is 30.3 Å². The molecule has 2 aromatic rings. The number of amides is 2. The van der Waals surface area contributed by atoms with Crippen LogP contribution in [-0.2, 0) is 20.6 Å². The fourth-order valence-electron chi connectivity index (χ4n) is 2.88. The van der Waals surface area contributed by atoms with E-state index in [1.807, 2.05) is 23.1 Å². The number of hydrogen-bond acceptors (Lipinski definition) is 6. The zero-order valence-electron chi connectivity index (χ0n) is 15.2. The molecule has 9 nitrogen and oxygen atoms in total. The lowest BCUT2D eigenvalue weighted by atomic mass is 10.2. The van der Waals surface area contributed by atoms with Crippen molar-refractivity contribution in [2.45, 2.75) is 5.75 Å². The number of sulfonamides is 1. The first-order chi connectivity index (χ1) is 13.4. The van der Waals surface area contributed by atoms with E-state index in [1.54, 1.807) is 18.2 Å². The molecule has 0 radical (unpaired) electrons. The Bertz CT molecular complexity index is 891. The van der Waals surface area contributed by atoms with Crippen LogP contribution in [0.4, 0.5) is 0 Å². The molecule has 0 atom stereocenters. The monoisotopic (exact) mass is 406 g/mol. The predicted octanol–water partition coefficient (Wildman–Crippen LogP) is 0.188. The van der Waals surface area contributed by atoms with Crippen molar-refractivity contribution in [1.82, 2.24) is 20.1 Å². The Labute approximate surface area is 163 Å². The number of hydrogen-bond donors (Lipinski definition) is 2. The predicted molar refractivity (Wildman–Crippen MR) is 101 cm³/mol. The first kappa shape index (κ1) is 20.1. The van der Waals surface area contributed by atoms with Gasteiger partial charge in [-0.3, -0.25) is 25.3 Å². The fraction of sp³-hybridized carbons (Fsp3) is 0.333. The van der Waals surface area contributed by atoms with Gasteiger partial charge in [0.1, 0.15) is 0 Å². The van der Waals surface area contributed by atoms with Gasteiger partial charge in [-0.05, 0) is 17.7 Å². The van der Waals surface area contributed by atoms with Gasteiger partial charge in [0, 0.05) is 26.2 Å². The molecular weight excluding hydrogens is 384 g/mol. The highest BCUT2D eigenvalue weighted by Gasteiger charge is 2.27. The van der Waals surface area contributed by atoms with Crippen molar-refractivity contribution in [2.24, 2.45) is 0 Å². The lowest BCUT2D eigenvalue weighted by Gasteiger charge is -2.33. The molecule has 2 N–H and O–H groups in total. The molecule has 0 bridgehead atoms. The first-order valence-corrected chi connectivity index (χ1v) is 10.4. The molecule has 2 heterocycles. The van der Waals surface area contributed by atoms with Crippen LogP contribution >= 0.6 is 0 Å². The highest BCUT2D eigenvalue weighted by Crippen LogP contribution is 2.13. The topological polar surface area (TPSA) is 112 Å². The summed E-state index contributed by atoms with van der Waals surface area (Å²) in [5.41, 5.74) is 5.34. The zero-order valence-corrected chi connectivity index (χ0v) is 16.0. The summed E-state index contributed by atoms with van der Waals surface area (Å²) < 4.78 is 31.5. The number of nitrogens with zero attached hydrogens (tertiary/aromatic N) is 2. The number of nitrogens with one attached hydrogen (secondary N) is 2. The van der Waals surface area contributed by atoms with E-state index < -0.39 is 15.9 Å². The smallest absolute Gasteiger partial charge is 0.305 e. The minimum absolute atomic E-state index is 0.0346. The summed E-state index contributed by atoms with van der Waals surface area (Å²) >= 11 is 0. The van der Waals surface area contributed by atoms with E-state index in [-0.39, 0.29) is 24.0 Å². The van der Waals surface area contributed by atoms with Crippen LogP contribution in [0.2, 0.25) is 0 Å². The third kappa shape index (κ3) is 5.41. The van der Waals surface area contributed by atoms with E-state index >= 15 is 0 Å². The van der Waals surface area contributed by atoms with E-state index in [2.05, 4.69) is 10.9 Å². The Hall–Kier alpha value is -2.69. The maximum absolute atomic E-state index is 12.5. The van der Waals surface area contributed by atoms with Crippen LogP contribution in [0.15, 0.2) is 53.1 Å². The van der Waals surface area contributed by atoms with Crippen molar-refractivity contribution in [3.8, 4) is 0 Å². The Kier molecular flexibility index (Phi) is 6.45. The van der Waals surface area contributed by atoms with Crippen molar-refractivity contribution < 1.29 is 22.4 Å². The van der Waals surface area contributed by atoms with Crippen LogP contribution in [0.25, 0.3) is 0 Å². The summed E-state index contributed by atoms with van der Waals surface area (Å²) in [5.74, 6) is -0.874. The number of carbonyl (C=O) groups is 2. The second kappa shape index (κ2) is 9.00. The van der Waals surface area contributed by atoms with Crippen molar-refractivity contribution in [3.05, 3.63) is 60.1 Å². The molecule has 0 saturated carbocycles. The molecule has 0 aliphatic carbocycles. The van der Waals surface area contributed by atoms with Gasteiger partial charge in [0.25, 0.3) is 5.91 Å². The first-order valence-electron chi connectivity index (χ1n) is 8.81. The quantitative estimate of drug-likeness (QED) is 0.663. The molecule has 28 heavy (non-hydrogen) atoms. The molecule has 1 saturated heterocycles. The molecule has 1 aromatic heterocycles. The normalized spacial score (nSPS) is 15.9. The second-order valence-electron chi connectivity index (χ2n) is 6.40. The summed E-state index contributed by atoms with van der Waals surface area (Å²) in [5, 5.41) is 0. The Morgan fingerprint density at radius 3 is 2.32 bits per heavy atom. The van der Waals surface area contributed by atoms with E-state index in [0.29, 0.717) is 26.2 Å². The minimum atomic E-state index is -3.40. The second-order valence-corrected chi connectivity index (χ2v) is 8.37. The third-order valence-corrected chi connectivity index (χ3v) is 6.19. The number of rotatable bonds is 6. The summed E-state index contributed by atoms with van der Waals surface area (Å²) in [6.07, 6.45) is 1.36. The molecule has 2 amide bonds. The van der Waals surface area contributed by atoms with Crippen molar-refractivity contribution in [2.75, 3.05) is 32.7 Å². The Morgan fingerprint density at radius 2 is 1.68 bits per heavy atom. The van der Waals surface area contributed by atoms with Crippen molar-refractivity contribution >= 4 is 21.8 Å². The SMILES string of the molecule is O=C(CN1CCN(S(=O)(=O)Cc2ccccc2)CC1)NNC(=O)c1ccco1. The largest absolute Gasteiger partial charge is 0.459 e. The molecule has 3 rings (SSSR count). The van der Waals surface area contributed by atoms with Crippen molar-refractivity contribution in [1.29, 1.82) is 0 Å². The summed E-state index contributed by atoms with van der Waals surface area (Å²) in [7, 11) is -3.40. The van der Waals surface area contributed by atoms with Crippen LogP contribution in [0.3, 0.4) is 0 Å². The number of hydrazine groups is 1. The number of furan rings is 1. The zero-order chi connectivity index (χ0) is 20.0. The van der Waals surface area contributed by atoms with Gasteiger partial charge in [-0.2, -0.15) is 4.31 Å². The van der Waals surface area contributed by atoms with Gasteiger partial charge >= 0.3 is 5.91 Å². The van der Waals surface area contributed by atoms with E-state index in [4.69, 9.17) is 4.42 Å². The van der Waals surface area contributed by atoms with Gasteiger partial charge in [-0.25, -0.2) is 8.42 Å². The van der Waals surface area contributed by atoms with Gasteiger partial charge < -0.3 is 4.42 Å². The molecule has 10 heteroatoms. The third-order valence-electron chi connectivity index (χ3n) is 4.34. The van der Waals surface area contributed by atoms with Gasteiger partial charge in [0.2, 0.25) is 10.0 Å². The highest BCUT2D eigenvalue weighted by atomic mass is 32.2. The van der Waals surface area contributed by atoms with Crippen LogP contribution in [0, 0.1) is 0 Å². The Morgan fingerprint density at radius 1 is 0.964 bits per heavy atom. The number of benzene rings is 1. The molecule has 1 aliphatic heterocycles. The Balaban J connectivity index is 1.42. The molecule has 0 unspecified atom stereocenters. The van der Waals surface area contributed by atoms with Gasteiger partial charge in [0.05, 0.1) is 18.6 Å². The summed E-state index contributed by atoms with van der Waals surface area (Å²) in [6, 6.07) is 12.1. The molecular formula is C18H22N4O5S. The fourth-order valence-corrected chi connectivity index (χ4v) is 4.40. The lowest BCUT2D eigenvalue weighted by Crippen LogP contribution is -2.53. The summed E-state index contributed by atoms with van der Waals surface area (Å²) in [6.45, 7) is 1.58. The molecule has 0 spiro atoms. The average molecular weight is 406 g/mol. The molecule has 150 valence electrons. The number of piperazine rings is 1. The summed E-state index contributed by atoms with van der Waals surface area (Å²) in [4.78, 5) is 25.5. The van der Waals surface area contributed by atoms with E-state index in [9.17, 15) is 18.0 Å². The molecule has 1 fully saturated rings.